The first-order chi connectivity index (χ1) is 15.1. The third-order valence-electron chi connectivity index (χ3n) is 5.64. The van der Waals surface area contributed by atoms with Crippen LogP contribution >= 0.6 is 0 Å². The van der Waals surface area contributed by atoms with Crippen molar-refractivity contribution in [1.82, 2.24) is 19.8 Å². The van der Waals surface area contributed by atoms with Crippen LogP contribution in [0.1, 0.15) is 32.3 Å². The minimum Gasteiger partial charge on any atom is -0.481 e. The maximum Gasteiger partial charge on any atom is 0.407 e. The molecule has 32 heavy (non-hydrogen) atoms. The quantitative estimate of drug-likeness (QED) is 0.662. The number of nitrogens with zero attached hydrogens (tertiary/aromatic N) is 4. The molecular formula is C22H31FN4O5. The van der Waals surface area contributed by atoms with Gasteiger partial charge in [0.05, 0.1) is 50.2 Å². The van der Waals surface area contributed by atoms with Crippen LogP contribution in [0.4, 0.5) is 9.18 Å². The van der Waals surface area contributed by atoms with Crippen molar-refractivity contribution in [1.29, 1.82) is 0 Å². The Morgan fingerprint density at radius 1 is 1.44 bits per heavy atom. The average Bonchev–Trinajstić information content (AvgIpc) is 2.75. The summed E-state index contributed by atoms with van der Waals surface area (Å²) in [7, 11) is 1.48. The van der Waals surface area contributed by atoms with E-state index in [1.54, 1.807) is 12.1 Å². The molecule has 0 saturated carbocycles. The number of halogens is 1. The highest BCUT2D eigenvalue weighted by Crippen LogP contribution is 2.29. The van der Waals surface area contributed by atoms with E-state index in [9.17, 15) is 19.4 Å². The van der Waals surface area contributed by atoms with Gasteiger partial charge >= 0.3 is 6.09 Å². The SMILES string of the molecule is COc1ccc2ncc(F)c(C(CO)CN3CCO[C@H](CN(C(=O)O)C(C)(C)C)C3)c2n1. The molecule has 0 radical (unpaired) electrons. The molecule has 10 heteroatoms. The van der Waals surface area contributed by atoms with Crippen LogP contribution in [0.2, 0.25) is 0 Å². The summed E-state index contributed by atoms with van der Waals surface area (Å²) in [4.78, 5) is 23.6. The van der Waals surface area contributed by atoms with Gasteiger partial charge in [-0.1, -0.05) is 0 Å². The monoisotopic (exact) mass is 450 g/mol. The molecule has 2 aromatic rings. The van der Waals surface area contributed by atoms with Gasteiger partial charge in [-0.15, -0.1) is 0 Å². The fourth-order valence-corrected chi connectivity index (χ4v) is 4.00. The molecule has 1 saturated heterocycles. The molecule has 0 bridgehead atoms. The first kappa shape index (κ1) is 24.1. The van der Waals surface area contributed by atoms with Gasteiger partial charge in [-0.25, -0.2) is 14.2 Å². The number of hydrogen-bond donors (Lipinski definition) is 2. The van der Waals surface area contributed by atoms with E-state index in [1.165, 1.54) is 12.0 Å². The Balaban J connectivity index is 1.80. The predicted octanol–water partition coefficient (Wildman–Crippen LogP) is 2.33. The van der Waals surface area contributed by atoms with Crippen LogP contribution in [0.15, 0.2) is 18.3 Å². The number of carbonyl (C=O) groups is 1. The van der Waals surface area contributed by atoms with Crippen LogP contribution in [-0.4, -0.2) is 94.2 Å². The van der Waals surface area contributed by atoms with E-state index < -0.39 is 23.4 Å². The van der Waals surface area contributed by atoms with Gasteiger partial charge in [-0.05, 0) is 26.8 Å². The minimum absolute atomic E-state index is 0.227. The third-order valence-corrected chi connectivity index (χ3v) is 5.64. The lowest BCUT2D eigenvalue weighted by Gasteiger charge is -2.40. The Hall–Kier alpha value is -2.56. The summed E-state index contributed by atoms with van der Waals surface area (Å²) in [5.74, 6) is -0.742. The molecule has 1 amide bonds. The molecule has 0 spiro atoms. The number of ether oxygens (including phenoxy) is 2. The zero-order valence-corrected chi connectivity index (χ0v) is 18.9. The second-order valence-corrected chi connectivity index (χ2v) is 8.94. The van der Waals surface area contributed by atoms with Crippen LogP contribution in [0, 0.1) is 5.82 Å². The number of fused-ring (bicyclic) bond motifs is 1. The van der Waals surface area contributed by atoms with E-state index in [4.69, 9.17) is 9.47 Å². The number of morpholine rings is 1. The van der Waals surface area contributed by atoms with Crippen LogP contribution < -0.4 is 4.74 Å². The van der Waals surface area contributed by atoms with Crippen molar-refractivity contribution in [3.05, 3.63) is 29.7 Å². The molecule has 3 rings (SSSR count). The third kappa shape index (κ3) is 5.43. The Bertz CT molecular complexity index is 952. The van der Waals surface area contributed by atoms with Crippen LogP contribution in [0.25, 0.3) is 11.0 Å². The van der Waals surface area contributed by atoms with Crippen molar-refractivity contribution in [3.8, 4) is 5.88 Å². The van der Waals surface area contributed by atoms with E-state index >= 15 is 0 Å². The number of hydrogen-bond acceptors (Lipinski definition) is 7. The summed E-state index contributed by atoms with van der Waals surface area (Å²) < 4.78 is 25.8. The number of carboxylic acid groups (broad SMARTS) is 1. The van der Waals surface area contributed by atoms with Gasteiger partial charge in [0.1, 0.15) is 5.82 Å². The standard InChI is InChI=1S/C22H31FN4O5/c1-22(2,3)27(21(29)30)12-15-11-26(7-8-32-15)10-14(13-28)19-16(23)9-24-17-5-6-18(31-4)25-20(17)19/h5-6,9,14-15,28H,7-8,10-13H2,1-4H3,(H,29,30)/t14?,15-/m0/s1. The number of amides is 1. The Morgan fingerprint density at radius 3 is 2.81 bits per heavy atom. The lowest BCUT2D eigenvalue weighted by Crippen LogP contribution is -2.54. The van der Waals surface area contributed by atoms with Crippen molar-refractivity contribution in [2.45, 2.75) is 38.3 Å². The Morgan fingerprint density at radius 2 is 2.19 bits per heavy atom. The maximum atomic E-state index is 14.8. The van der Waals surface area contributed by atoms with E-state index in [1.807, 2.05) is 20.8 Å². The number of aliphatic hydroxyl groups is 1. The lowest BCUT2D eigenvalue weighted by molar-refractivity contribution is -0.0525. The molecular weight excluding hydrogens is 419 g/mol. The first-order valence-electron chi connectivity index (χ1n) is 10.6. The summed E-state index contributed by atoms with van der Waals surface area (Å²) in [5, 5.41) is 19.7. The zero-order chi connectivity index (χ0) is 23.5. The topological polar surface area (TPSA) is 108 Å². The fourth-order valence-electron chi connectivity index (χ4n) is 4.00. The van der Waals surface area contributed by atoms with Gasteiger partial charge in [0, 0.05) is 42.7 Å². The number of rotatable bonds is 7. The van der Waals surface area contributed by atoms with Gasteiger partial charge in [-0.2, -0.15) is 0 Å². The molecule has 1 unspecified atom stereocenters. The first-order valence-corrected chi connectivity index (χ1v) is 10.6. The van der Waals surface area contributed by atoms with Crippen molar-refractivity contribution in [2.75, 3.05) is 46.5 Å². The van der Waals surface area contributed by atoms with Crippen LogP contribution in [0.3, 0.4) is 0 Å². The summed E-state index contributed by atoms with van der Waals surface area (Å²) in [6.07, 6.45) is -0.183. The highest BCUT2D eigenvalue weighted by atomic mass is 19.1. The fraction of sp³-hybridized carbons (Fsp3) is 0.591. The van der Waals surface area contributed by atoms with E-state index in [0.29, 0.717) is 48.7 Å². The summed E-state index contributed by atoms with van der Waals surface area (Å²) >= 11 is 0. The van der Waals surface area contributed by atoms with E-state index in [-0.39, 0.29) is 19.3 Å². The number of pyridine rings is 2. The smallest absolute Gasteiger partial charge is 0.407 e. The molecule has 2 atom stereocenters. The van der Waals surface area contributed by atoms with E-state index in [2.05, 4.69) is 14.9 Å². The van der Waals surface area contributed by atoms with Gasteiger partial charge < -0.3 is 24.6 Å². The Kier molecular flexibility index (Phi) is 7.47. The Labute approximate surface area is 186 Å². The summed E-state index contributed by atoms with van der Waals surface area (Å²) in [6, 6.07) is 3.36. The molecule has 2 aromatic heterocycles. The zero-order valence-electron chi connectivity index (χ0n) is 18.9. The molecule has 1 fully saturated rings. The minimum atomic E-state index is -1.00. The van der Waals surface area contributed by atoms with Gasteiger partial charge in [-0.3, -0.25) is 9.88 Å². The van der Waals surface area contributed by atoms with Crippen molar-refractivity contribution in [3.63, 3.8) is 0 Å². The van der Waals surface area contributed by atoms with E-state index in [0.717, 1.165) is 6.20 Å². The molecule has 176 valence electrons. The maximum absolute atomic E-state index is 14.8. The number of methoxy groups -OCH3 is 1. The normalized spacial score (nSPS) is 18.5. The molecule has 0 aliphatic carbocycles. The summed E-state index contributed by atoms with van der Waals surface area (Å²) in [6.45, 7) is 7.31. The highest BCUT2D eigenvalue weighted by molar-refractivity contribution is 5.79. The second kappa shape index (κ2) is 9.93. The van der Waals surface area contributed by atoms with Gasteiger partial charge in [0.2, 0.25) is 5.88 Å². The number of aromatic nitrogens is 2. The molecule has 0 aromatic carbocycles. The molecule has 2 N–H and O–H groups in total. The molecule has 1 aliphatic rings. The summed E-state index contributed by atoms with van der Waals surface area (Å²) in [5.41, 5.74) is 0.608. The highest BCUT2D eigenvalue weighted by Gasteiger charge is 2.32. The van der Waals surface area contributed by atoms with Crippen molar-refractivity contribution >= 4 is 17.1 Å². The predicted molar refractivity (Wildman–Crippen MR) is 117 cm³/mol. The van der Waals surface area contributed by atoms with Crippen LogP contribution in [0.5, 0.6) is 5.88 Å². The lowest BCUT2D eigenvalue weighted by atomic mass is 9.97. The van der Waals surface area contributed by atoms with Gasteiger partial charge in [0.15, 0.2) is 0 Å². The van der Waals surface area contributed by atoms with Crippen LogP contribution in [-0.2, 0) is 4.74 Å². The van der Waals surface area contributed by atoms with Crippen molar-refractivity contribution < 1.29 is 28.9 Å². The molecule has 1 aliphatic heterocycles. The van der Waals surface area contributed by atoms with Gasteiger partial charge in [0.25, 0.3) is 0 Å². The molecule has 9 nitrogen and oxygen atoms in total. The molecule has 3 heterocycles. The van der Waals surface area contributed by atoms with Crippen molar-refractivity contribution in [2.24, 2.45) is 0 Å². The second-order valence-electron chi connectivity index (χ2n) is 8.94. The average molecular weight is 451 g/mol. The largest absolute Gasteiger partial charge is 0.481 e. The number of aliphatic hydroxyl groups excluding tert-OH is 1.